The predicted molar refractivity (Wildman–Crippen MR) is 114 cm³/mol. The number of carbonyl (C=O) groups is 2. The van der Waals surface area contributed by atoms with Crippen molar-refractivity contribution in [3.8, 4) is 17.6 Å². The van der Waals surface area contributed by atoms with Gasteiger partial charge in [0.2, 0.25) is 0 Å². The van der Waals surface area contributed by atoms with Crippen molar-refractivity contribution in [2.75, 3.05) is 19.0 Å². The van der Waals surface area contributed by atoms with Crippen LogP contribution < -0.4 is 14.8 Å². The summed E-state index contributed by atoms with van der Waals surface area (Å²) >= 11 is 1.39. The zero-order valence-corrected chi connectivity index (χ0v) is 18.0. The Hall–Kier alpha value is -3.45. The van der Waals surface area contributed by atoms with E-state index in [4.69, 9.17) is 9.47 Å². The van der Waals surface area contributed by atoms with Gasteiger partial charge in [-0.05, 0) is 55.0 Å². The number of nitrogens with one attached hydrogen (secondary N) is 1. The molecule has 1 aliphatic carbocycles. The zero-order chi connectivity index (χ0) is 23.1. The molecule has 0 spiro atoms. The highest BCUT2D eigenvalue weighted by atomic mass is 32.1. The van der Waals surface area contributed by atoms with Crippen LogP contribution in [0, 0.1) is 11.3 Å². The van der Waals surface area contributed by atoms with E-state index in [-0.39, 0.29) is 11.5 Å². The third-order valence-electron chi connectivity index (χ3n) is 4.70. The third kappa shape index (κ3) is 5.82. The molecular formula is C22H20F2N2O5S. The van der Waals surface area contributed by atoms with Crippen molar-refractivity contribution in [1.29, 1.82) is 5.26 Å². The number of thiophene rings is 1. The molecule has 3 rings (SSSR count). The number of hydrogen-bond acceptors (Lipinski definition) is 7. The van der Waals surface area contributed by atoms with Gasteiger partial charge in [-0.2, -0.15) is 14.0 Å². The molecule has 1 amide bonds. The van der Waals surface area contributed by atoms with Gasteiger partial charge in [-0.15, -0.1) is 11.3 Å². The van der Waals surface area contributed by atoms with E-state index >= 15 is 0 Å². The highest BCUT2D eigenvalue weighted by molar-refractivity contribution is 7.16. The second kappa shape index (κ2) is 10.7. The van der Waals surface area contributed by atoms with E-state index in [1.165, 1.54) is 42.7 Å². The molecule has 0 saturated carbocycles. The van der Waals surface area contributed by atoms with Crippen LogP contribution in [0.4, 0.5) is 13.8 Å². The van der Waals surface area contributed by atoms with Gasteiger partial charge in [0.1, 0.15) is 11.1 Å². The smallest absolute Gasteiger partial charge is 0.387 e. The van der Waals surface area contributed by atoms with Gasteiger partial charge in [-0.25, -0.2) is 4.79 Å². The highest BCUT2D eigenvalue weighted by Gasteiger charge is 2.22. The van der Waals surface area contributed by atoms with Gasteiger partial charge >= 0.3 is 12.6 Å². The summed E-state index contributed by atoms with van der Waals surface area (Å²) in [6.07, 6.45) is 6.28. The fourth-order valence-electron chi connectivity index (χ4n) is 3.27. The lowest BCUT2D eigenvalue weighted by molar-refractivity contribution is -0.142. The Morgan fingerprint density at radius 3 is 2.78 bits per heavy atom. The van der Waals surface area contributed by atoms with E-state index in [9.17, 15) is 23.6 Å². The van der Waals surface area contributed by atoms with E-state index < -0.39 is 25.1 Å². The number of carbonyl (C=O) groups excluding carboxylic acids is 2. The molecule has 0 aliphatic heterocycles. The molecule has 2 aromatic rings. The first-order chi connectivity index (χ1) is 15.4. The molecule has 1 N–H and O–H groups in total. The molecule has 1 aromatic carbocycles. The maximum absolute atomic E-state index is 12.4. The summed E-state index contributed by atoms with van der Waals surface area (Å²) < 4.78 is 39.0. The number of nitriles is 1. The fourth-order valence-corrected chi connectivity index (χ4v) is 4.52. The predicted octanol–water partition coefficient (Wildman–Crippen LogP) is 4.30. The fraction of sp³-hybridized carbons (Fsp3) is 0.318. The van der Waals surface area contributed by atoms with E-state index in [1.54, 1.807) is 0 Å². The van der Waals surface area contributed by atoms with Crippen LogP contribution >= 0.6 is 11.3 Å². The van der Waals surface area contributed by atoms with E-state index in [2.05, 4.69) is 16.1 Å². The molecule has 0 unspecified atom stereocenters. The minimum Gasteiger partial charge on any atom is -0.493 e. The lowest BCUT2D eigenvalue weighted by atomic mass is 9.96. The number of anilines is 1. The van der Waals surface area contributed by atoms with Gasteiger partial charge in [-0.3, -0.25) is 4.79 Å². The first kappa shape index (κ1) is 23.2. The summed E-state index contributed by atoms with van der Waals surface area (Å²) in [6.45, 7) is -3.50. The number of hydrogen-bond donors (Lipinski definition) is 1. The zero-order valence-electron chi connectivity index (χ0n) is 17.2. The topological polar surface area (TPSA) is 97.6 Å². The van der Waals surface area contributed by atoms with Gasteiger partial charge in [0, 0.05) is 11.0 Å². The summed E-state index contributed by atoms with van der Waals surface area (Å²) in [5.41, 5.74) is 1.96. The maximum Gasteiger partial charge on any atom is 0.387 e. The second-order valence-electron chi connectivity index (χ2n) is 6.80. The van der Waals surface area contributed by atoms with Crippen LogP contribution in [0.3, 0.4) is 0 Å². The second-order valence-corrected chi connectivity index (χ2v) is 7.91. The number of fused-ring (bicyclic) bond motifs is 1. The molecule has 0 radical (unpaired) electrons. The molecular weight excluding hydrogens is 442 g/mol. The first-order valence-electron chi connectivity index (χ1n) is 9.73. The quantitative estimate of drug-likeness (QED) is 0.464. The number of aryl methyl sites for hydroxylation is 1. The molecule has 7 nitrogen and oxygen atoms in total. The minimum absolute atomic E-state index is 0.0761. The Bertz CT molecular complexity index is 1080. The highest BCUT2D eigenvalue weighted by Crippen LogP contribution is 2.37. The Balaban J connectivity index is 1.55. The average molecular weight is 462 g/mol. The van der Waals surface area contributed by atoms with Crippen molar-refractivity contribution in [3.63, 3.8) is 0 Å². The summed E-state index contributed by atoms with van der Waals surface area (Å²) in [4.78, 5) is 25.2. The third-order valence-corrected chi connectivity index (χ3v) is 5.90. The summed E-state index contributed by atoms with van der Waals surface area (Å²) in [7, 11) is 1.30. The molecule has 32 heavy (non-hydrogen) atoms. The number of ether oxygens (including phenoxy) is 3. The van der Waals surface area contributed by atoms with Gasteiger partial charge < -0.3 is 19.5 Å². The summed E-state index contributed by atoms with van der Waals surface area (Å²) in [5, 5.41) is 12.6. The summed E-state index contributed by atoms with van der Waals surface area (Å²) in [6, 6.07) is 6.31. The van der Waals surface area contributed by atoms with Crippen molar-refractivity contribution in [1.82, 2.24) is 0 Å². The van der Waals surface area contributed by atoms with Gasteiger partial charge in [0.25, 0.3) is 5.91 Å². The van der Waals surface area contributed by atoms with Crippen LogP contribution in [0.5, 0.6) is 11.5 Å². The Kier molecular flexibility index (Phi) is 7.78. The molecule has 0 saturated heterocycles. The Morgan fingerprint density at radius 1 is 1.28 bits per heavy atom. The number of alkyl halides is 2. The van der Waals surface area contributed by atoms with E-state index in [0.717, 1.165) is 42.2 Å². The van der Waals surface area contributed by atoms with Crippen LogP contribution in [0.2, 0.25) is 0 Å². The van der Waals surface area contributed by atoms with E-state index in [1.807, 2.05) is 0 Å². The number of rotatable bonds is 8. The normalized spacial score (nSPS) is 12.8. The lowest BCUT2D eigenvalue weighted by Crippen LogP contribution is -2.20. The number of methoxy groups -OCH3 is 1. The molecule has 168 valence electrons. The number of halogens is 2. The molecule has 1 aromatic heterocycles. The first-order valence-corrected chi connectivity index (χ1v) is 10.5. The lowest BCUT2D eigenvalue weighted by Gasteiger charge is -2.10. The minimum atomic E-state index is -2.99. The molecule has 10 heteroatoms. The van der Waals surface area contributed by atoms with Crippen molar-refractivity contribution in [2.24, 2.45) is 0 Å². The van der Waals surface area contributed by atoms with Crippen LogP contribution in [0.1, 0.15) is 34.4 Å². The van der Waals surface area contributed by atoms with Crippen LogP contribution in [0.25, 0.3) is 6.08 Å². The maximum atomic E-state index is 12.4. The average Bonchev–Trinajstić information content (AvgIpc) is 3.13. The summed E-state index contributed by atoms with van der Waals surface area (Å²) in [5.74, 6) is -1.37. The standard InChI is InChI=1S/C22H20F2N2O5S/c1-29-17-10-13(6-8-16(17)31-22(23)24)7-9-20(28)30-12-19(27)26-21-15(11-25)14-4-2-3-5-18(14)32-21/h6-10,22H,2-5,12H2,1H3,(H,26,27). The number of benzene rings is 1. The molecule has 1 heterocycles. The number of esters is 1. The largest absolute Gasteiger partial charge is 0.493 e. The number of amides is 1. The van der Waals surface area contributed by atoms with Crippen molar-refractivity contribution >= 4 is 34.3 Å². The van der Waals surface area contributed by atoms with Gasteiger partial charge in [-0.1, -0.05) is 6.07 Å². The van der Waals surface area contributed by atoms with E-state index in [0.29, 0.717) is 16.1 Å². The van der Waals surface area contributed by atoms with Crippen molar-refractivity contribution < 1.29 is 32.6 Å². The Labute approximate surface area is 187 Å². The number of nitrogens with zero attached hydrogens (tertiary/aromatic N) is 1. The van der Waals surface area contributed by atoms with Crippen molar-refractivity contribution in [3.05, 3.63) is 45.8 Å². The molecule has 0 fully saturated rings. The van der Waals surface area contributed by atoms with Gasteiger partial charge in [0.15, 0.2) is 18.1 Å². The molecule has 1 aliphatic rings. The Morgan fingerprint density at radius 2 is 2.06 bits per heavy atom. The van der Waals surface area contributed by atoms with Crippen molar-refractivity contribution in [2.45, 2.75) is 32.3 Å². The molecule has 0 bridgehead atoms. The monoisotopic (exact) mass is 462 g/mol. The van der Waals surface area contributed by atoms with Crippen LogP contribution in [0.15, 0.2) is 24.3 Å². The van der Waals surface area contributed by atoms with Crippen LogP contribution in [-0.2, 0) is 27.2 Å². The molecule has 0 atom stereocenters. The van der Waals surface area contributed by atoms with Gasteiger partial charge in [0.05, 0.1) is 12.7 Å². The van der Waals surface area contributed by atoms with Crippen LogP contribution in [-0.4, -0.2) is 32.2 Å². The SMILES string of the molecule is COc1cc(C=CC(=O)OCC(=O)Nc2sc3c(c2C#N)CCCC3)ccc1OC(F)F.